The van der Waals surface area contributed by atoms with Crippen LogP contribution in [0.2, 0.25) is 0 Å². The molecule has 0 aromatic carbocycles. The minimum Gasteiger partial charge on any atom is -1.00 e. The fraction of sp³-hybridized carbons (Fsp3) is 0.368. The Morgan fingerprint density at radius 2 is 1.15 bits per heavy atom. The van der Waals surface area contributed by atoms with Gasteiger partial charge in [-0.2, -0.15) is 9.13 Å². The lowest BCUT2D eigenvalue weighted by Gasteiger charge is -2.05. The van der Waals surface area contributed by atoms with Gasteiger partial charge in [-0.3, -0.25) is 9.59 Å². The summed E-state index contributed by atoms with van der Waals surface area (Å²) in [6.45, 7) is 1.27. The zero-order valence-electron chi connectivity index (χ0n) is 15.6. The molecule has 0 bridgehead atoms. The molecule has 0 fully saturated rings. The summed E-state index contributed by atoms with van der Waals surface area (Å²) < 4.78 is 3.60. The van der Waals surface area contributed by atoms with Gasteiger partial charge in [0.25, 0.3) is 11.4 Å². The molecule has 2 aromatic heterocycles. The lowest BCUT2D eigenvalue weighted by atomic mass is 10.2. The van der Waals surface area contributed by atoms with Gasteiger partial charge in [-0.15, -0.1) is 0 Å². The van der Waals surface area contributed by atoms with E-state index in [1.165, 1.54) is 0 Å². The number of nitrogens with one attached hydrogen (secondary N) is 2. The molecule has 6 nitrogen and oxygen atoms in total. The van der Waals surface area contributed by atoms with Crippen LogP contribution in [0.25, 0.3) is 0 Å². The zero-order valence-corrected chi connectivity index (χ0v) is 19.9. The van der Waals surface area contributed by atoms with Crippen LogP contribution in [-0.4, -0.2) is 24.9 Å². The van der Waals surface area contributed by atoms with E-state index in [4.69, 9.17) is 0 Å². The summed E-state index contributed by atoms with van der Waals surface area (Å²) in [5.41, 5.74) is 1.29. The Bertz CT molecular complexity index is 680. The van der Waals surface area contributed by atoms with E-state index in [-0.39, 0.29) is 59.8 Å². The summed E-state index contributed by atoms with van der Waals surface area (Å²) >= 11 is 0. The highest BCUT2D eigenvalue weighted by atomic mass is 127. The van der Waals surface area contributed by atoms with Crippen molar-refractivity contribution in [3.05, 3.63) is 60.2 Å². The molecule has 2 N–H and O–H groups in total. The van der Waals surface area contributed by atoms with E-state index in [1.54, 1.807) is 21.3 Å². The van der Waals surface area contributed by atoms with Gasteiger partial charge in [-0.05, 0) is 31.4 Å². The maximum absolute atomic E-state index is 12.0. The number of aromatic nitrogens is 2. The number of unbranched alkanes of at least 4 members (excludes halogenated alkanes) is 2. The van der Waals surface area contributed by atoms with Gasteiger partial charge < -0.3 is 58.6 Å². The predicted molar refractivity (Wildman–Crippen MR) is 93.8 cm³/mol. The van der Waals surface area contributed by atoms with Crippen LogP contribution in [-0.2, 0) is 14.1 Å². The first-order chi connectivity index (χ1) is 12.1. The van der Waals surface area contributed by atoms with E-state index in [0.29, 0.717) is 24.5 Å². The van der Waals surface area contributed by atoms with Gasteiger partial charge in [0.15, 0.2) is 12.4 Å². The van der Waals surface area contributed by atoms with E-state index in [0.717, 1.165) is 19.3 Å². The summed E-state index contributed by atoms with van der Waals surface area (Å²) in [6, 6.07) is 11.1. The quantitative estimate of drug-likeness (QED) is 0.182. The molecule has 2 aromatic rings. The van der Waals surface area contributed by atoms with Crippen molar-refractivity contribution < 1.29 is 66.7 Å². The van der Waals surface area contributed by atoms with Crippen LogP contribution in [0.1, 0.15) is 40.2 Å². The maximum Gasteiger partial charge on any atom is 0.316 e. The fourth-order valence-electron chi connectivity index (χ4n) is 2.53. The van der Waals surface area contributed by atoms with Crippen molar-refractivity contribution in [3.8, 4) is 0 Å². The van der Waals surface area contributed by atoms with Crippen LogP contribution in [0.5, 0.6) is 0 Å². The average molecular weight is 596 g/mol. The summed E-state index contributed by atoms with van der Waals surface area (Å²) in [5, 5.41) is 5.84. The van der Waals surface area contributed by atoms with E-state index in [9.17, 15) is 9.59 Å². The van der Waals surface area contributed by atoms with Gasteiger partial charge in [0.1, 0.15) is 14.1 Å². The molecule has 2 amide bonds. The molecule has 27 heavy (non-hydrogen) atoms. The van der Waals surface area contributed by atoms with Crippen molar-refractivity contribution in [2.45, 2.75) is 19.3 Å². The summed E-state index contributed by atoms with van der Waals surface area (Å²) in [7, 11) is 3.70. The molecule has 0 atom stereocenters. The van der Waals surface area contributed by atoms with Crippen LogP contribution in [0.4, 0.5) is 0 Å². The second kappa shape index (κ2) is 13.8. The molecular formula is C19H26I2N4O2. The Kier molecular flexibility index (Phi) is 13.1. The number of halogens is 2. The standard InChI is InChI=1S/C19H24N4O2.2HI/c1-22-14-8-4-10-16(22)18(24)20-12-6-3-7-13-21-19(25)17-11-5-9-15-23(17)2;;/h4-5,8-11,14-15H,3,6-7,12-13H2,1-2H3;2*1H. The number of pyridine rings is 2. The molecule has 0 saturated heterocycles. The molecule has 148 valence electrons. The third-order valence-corrected chi connectivity index (χ3v) is 4.00. The summed E-state index contributed by atoms with van der Waals surface area (Å²) in [4.78, 5) is 24.1. The smallest absolute Gasteiger partial charge is 0.316 e. The van der Waals surface area contributed by atoms with Crippen molar-refractivity contribution >= 4 is 11.8 Å². The molecule has 0 spiro atoms. The molecule has 0 aliphatic heterocycles. The highest BCUT2D eigenvalue weighted by Crippen LogP contribution is 1.96. The predicted octanol–water partition coefficient (Wildman–Crippen LogP) is -5.33. The minimum atomic E-state index is -0.0621. The van der Waals surface area contributed by atoms with Crippen molar-refractivity contribution in [2.24, 2.45) is 14.1 Å². The normalized spacial score (nSPS) is 9.56. The summed E-state index contributed by atoms with van der Waals surface area (Å²) in [5.74, 6) is -0.124. The van der Waals surface area contributed by atoms with Crippen molar-refractivity contribution in [1.82, 2.24) is 10.6 Å². The molecule has 2 rings (SSSR count). The third-order valence-electron chi connectivity index (χ3n) is 4.00. The molecule has 0 radical (unpaired) electrons. The Morgan fingerprint density at radius 1 is 0.741 bits per heavy atom. The number of amides is 2. The van der Waals surface area contributed by atoms with Gasteiger partial charge >= 0.3 is 11.8 Å². The van der Waals surface area contributed by atoms with Crippen molar-refractivity contribution in [1.29, 1.82) is 0 Å². The molecule has 0 aliphatic carbocycles. The van der Waals surface area contributed by atoms with E-state index in [1.807, 2.05) is 50.8 Å². The molecule has 2 heterocycles. The number of hydrogen-bond acceptors (Lipinski definition) is 2. The van der Waals surface area contributed by atoms with Crippen LogP contribution < -0.4 is 67.7 Å². The number of nitrogens with zero attached hydrogens (tertiary/aromatic N) is 2. The molecule has 0 aliphatic rings. The third kappa shape index (κ3) is 8.50. The highest BCUT2D eigenvalue weighted by Gasteiger charge is 2.15. The Morgan fingerprint density at radius 3 is 1.52 bits per heavy atom. The Balaban J connectivity index is 0.00000338. The van der Waals surface area contributed by atoms with Gasteiger partial charge in [0.05, 0.1) is 0 Å². The van der Waals surface area contributed by atoms with E-state index >= 15 is 0 Å². The van der Waals surface area contributed by atoms with Crippen LogP contribution in [0.15, 0.2) is 48.8 Å². The van der Waals surface area contributed by atoms with Crippen molar-refractivity contribution in [2.75, 3.05) is 13.1 Å². The van der Waals surface area contributed by atoms with Crippen LogP contribution >= 0.6 is 0 Å². The minimum absolute atomic E-state index is 0. The molecule has 8 heteroatoms. The second-order valence-electron chi connectivity index (χ2n) is 5.97. The van der Waals surface area contributed by atoms with Crippen LogP contribution in [0.3, 0.4) is 0 Å². The van der Waals surface area contributed by atoms with E-state index < -0.39 is 0 Å². The van der Waals surface area contributed by atoms with Crippen LogP contribution in [0, 0.1) is 0 Å². The Hall–Kier alpha value is -1.30. The van der Waals surface area contributed by atoms with Gasteiger partial charge in [-0.25, -0.2) is 0 Å². The summed E-state index contributed by atoms with van der Waals surface area (Å²) in [6.07, 6.45) is 6.42. The van der Waals surface area contributed by atoms with Gasteiger partial charge in [0, 0.05) is 37.4 Å². The fourth-order valence-corrected chi connectivity index (χ4v) is 2.53. The maximum atomic E-state index is 12.0. The number of rotatable bonds is 8. The monoisotopic (exact) mass is 596 g/mol. The first-order valence-electron chi connectivity index (χ1n) is 8.55. The number of hydrogen-bond donors (Lipinski definition) is 2. The topological polar surface area (TPSA) is 66.0 Å². The SMILES string of the molecule is C[n+]1ccccc1C(=O)NCCCCCNC(=O)c1cccc[n+]1C.[I-].[I-]. The molecule has 0 saturated carbocycles. The van der Waals surface area contributed by atoms with Gasteiger partial charge in [-0.1, -0.05) is 0 Å². The lowest BCUT2D eigenvalue weighted by molar-refractivity contribution is -0.673. The Labute approximate surface area is 194 Å². The highest BCUT2D eigenvalue weighted by molar-refractivity contribution is 5.91. The number of aryl methyl sites for hydroxylation is 2. The number of carbonyl (C=O) groups is 2. The second-order valence-corrected chi connectivity index (χ2v) is 5.97. The average Bonchev–Trinajstić information content (AvgIpc) is 2.61. The zero-order chi connectivity index (χ0) is 18.1. The van der Waals surface area contributed by atoms with E-state index in [2.05, 4.69) is 10.6 Å². The first kappa shape index (κ1) is 25.7. The lowest BCUT2D eigenvalue weighted by Crippen LogP contribution is -3.00. The molecular weight excluding hydrogens is 570 g/mol. The van der Waals surface area contributed by atoms with Crippen molar-refractivity contribution in [3.63, 3.8) is 0 Å². The largest absolute Gasteiger partial charge is 1.00 e. The molecule has 0 unspecified atom stereocenters. The van der Waals surface area contributed by atoms with Gasteiger partial charge in [0.2, 0.25) is 0 Å². The number of carbonyl (C=O) groups excluding carboxylic acids is 2. The first-order valence-corrected chi connectivity index (χ1v) is 8.55.